The topological polar surface area (TPSA) is 67.6 Å². The van der Waals surface area contributed by atoms with Crippen molar-refractivity contribution in [3.63, 3.8) is 0 Å². The van der Waals surface area contributed by atoms with E-state index in [4.69, 9.17) is 16.0 Å². The minimum absolute atomic E-state index is 0.0366. The van der Waals surface area contributed by atoms with Crippen molar-refractivity contribution < 1.29 is 17.6 Å². The number of nitrogens with zero attached hydrogens (tertiary/aromatic N) is 1. The molecule has 0 radical (unpaired) electrons. The molecule has 1 unspecified atom stereocenters. The van der Waals surface area contributed by atoms with Gasteiger partial charge in [-0.3, -0.25) is 4.79 Å². The molecule has 24 heavy (non-hydrogen) atoms. The summed E-state index contributed by atoms with van der Waals surface area (Å²) in [5.74, 6) is 0.332. The predicted octanol–water partition coefficient (Wildman–Crippen LogP) is 3.53. The fourth-order valence-corrected chi connectivity index (χ4v) is 5.07. The van der Waals surface area contributed by atoms with E-state index in [0.29, 0.717) is 27.4 Å². The van der Waals surface area contributed by atoms with E-state index in [1.165, 1.54) is 4.90 Å². The van der Waals surface area contributed by atoms with Gasteiger partial charge in [0.1, 0.15) is 5.76 Å². The highest BCUT2D eigenvalue weighted by Crippen LogP contribution is 2.26. The number of carbonyl (C=O) groups excluding carboxylic acids is 1. The van der Waals surface area contributed by atoms with Crippen LogP contribution in [0.2, 0.25) is 5.02 Å². The average Bonchev–Trinajstić information content (AvgIpc) is 3.10. The summed E-state index contributed by atoms with van der Waals surface area (Å²) in [5.41, 5.74) is 0.356. The largest absolute Gasteiger partial charge is 0.452 e. The maximum atomic E-state index is 13.0. The van der Waals surface area contributed by atoms with Gasteiger partial charge in [0, 0.05) is 6.04 Å². The SMILES string of the molecule is O=C(c1ccccc1Cl)N(Cc1ccc(Br)o1)C1CCS(=O)(=O)C1. The van der Waals surface area contributed by atoms with Crippen molar-refractivity contribution in [1.82, 2.24) is 4.90 Å². The first kappa shape index (κ1) is 17.5. The first-order valence-corrected chi connectivity index (χ1v) is 10.3. The van der Waals surface area contributed by atoms with Gasteiger partial charge in [0.15, 0.2) is 14.5 Å². The molecule has 3 rings (SSSR count). The van der Waals surface area contributed by atoms with Gasteiger partial charge in [-0.1, -0.05) is 23.7 Å². The third-order valence-corrected chi connectivity index (χ3v) is 6.48. The first-order valence-electron chi connectivity index (χ1n) is 7.36. The van der Waals surface area contributed by atoms with Crippen molar-refractivity contribution in [1.29, 1.82) is 0 Å². The second kappa shape index (κ2) is 6.90. The molecule has 2 heterocycles. The predicted molar refractivity (Wildman–Crippen MR) is 94.8 cm³/mol. The zero-order valence-electron chi connectivity index (χ0n) is 12.6. The van der Waals surface area contributed by atoms with E-state index in [0.717, 1.165) is 0 Å². The van der Waals surface area contributed by atoms with Gasteiger partial charge < -0.3 is 9.32 Å². The molecule has 0 aliphatic carbocycles. The molecule has 0 spiro atoms. The van der Waals surface area contributed by atoms with Crippen LogP contribution in [0.15, 0.2) is 45.5 Å². The molecule has 1 amide bonds. The Morgan fingerprint density at radius 1 is 1.29 bits per heavy atom. The van der Waals surface area contributed by atoms with Crippen LogP contribution in [0.5, 0.6) is 0 Å². The third-order valence-electron chi connectivity index (χ3n) is 3.97. The molecule has 5 nitrogen and oxygen atoms in total. The molecule has 0 saturated carbocycles. The van der Waals surface area contributed by atoms with Gasteiger partial charge in [0.25, 0.3) is 5.91 Å². The van der Waals surface area contributed by atoms with Crippen molar-refractivity contribution >= 4 is 43.3 Å². The van der Waals surface area contributed by atoms with E-state index in [1.807, 2.05) is 0 Å². The second-order valence-corrected chi connectivity index (χ2v) is 9.09. The molecule has 1 aromatic heterocycles. The van der Waals surface area contributed by atoms with Crippen LogP contribution >= 0.6 is 27.5 Å². The lowest BCUT2D eigenvalue weighted by Gasteiger charge is -2.28. The molecular weight excluding hydrogens is 418 g/mol. The zero-order valence-corrected chi connectivity index (χ0v) is 15.8. The number of rotatable bonds is 4. The van der Waals surface area contributed by atoms with Crippen molar-refractivity contribution in [2.45, 2.75) is 19.0 Å². The smallest absolute Gasteiger partial charge is 0.256 e. The highest BCUT2D eigenvalue weighted by molar-refractivity contribution is 9.10. The highest BCUT2D eigenvalue weighted by Gasteiger charge is 2.36. The number of hydrogen-bond acceptors (Lipinski definition) is 4. The van der Waals surface area contributed by atoms with Crippen LogP contribution < -0.4 is 0 Å². The van der Waals surface area contributed by atoms with E-state index in [1.54, 1.807) is 36.4 Å². The maximum Gasteiger partial charge on any atom is 0.256 e. The van der Waals surface area contributed by atoms with Crippen molar-refractivity contribution in [2.24, 2.45) is 0 Å². The van der Waals surface area contributed by atoms with Crippen LogP contribution in [-0.2, 0) is 16.4 Å². The number of benzene rings is 1. The minimum atomic E-state index is -3.12. The third kappa shape index (κ3) is 3.84. The Kier molecular flexibility index (Phi) is 5.03. The summed E-state index contributed by atoms with van der Waals surface area (Å²) < 4.78 is 29.7. The molecular formula is C16H15BrClNO4S. The summed E-state index contributed by atoms with van der Waals surface area (Å²) in [4.78, 5) is 14.5. The monoisotopic (exact) mass is 431 g/mol. The molecule has 1 aromatic carbocycles. The van der Waals surface area contributed by atoms with Crippen molar-refractivity contribution in [3.05, 3.63) is 57.4 Å². The van der Waals surface area contributed by atoms with Gasteiger partial charge >= 0.3 is 0 Å². The summed E-state index contributed by atoms with van der Waals surface area (Å²) in [6.07, 6.45) is 0.417. The molecule has 1 aliphatic heterocycles. The highest BCUT2D eigenvalue weighted by atomic mass is 79.9. The van der Waals surface area contributed by atoms with E-state index < -0.39 is 9.84 Å². The summed E-state index contributed by atoms with van der Waals surface area (Å²) in [7, 11) is -3.12. The minimum Gasteiger partial charge on any atom is -0.452 e. The van der Waals surface area contributed by atoms with E-state index in [9.17, 15) is 13.2 Å². The first-order chi connectivity index (χ1) is 11.4. The van der Waals surface area contributed by atoms with Crippen LogP contribution in [0, 0.1) is 0 Å². The lowest BCUT2D eigenvalue weighted by molar-refractivity contribution is 0.0665. The molecule has 2 aromatic rings. The molecule has 1 aliphatic rings. The van der Waals surface area contributed by atoms with E-state index in [2.05, 4.69) is 15.9 Å². The lowest BCUT2D eigenvalue weighted by Crippen LogP contribution is -2.40. The summed E-state index contributed by atoms with van der Waals surface area (Å²) >= 11 is 9.37. The van der Waals surface area contributed by atoms with E-state index >= 15 is 0 Å². The fraction of sp³-hybridized carbons (Fsp3) is 0.312. The second-order valence-electron chi connectivity index (χ2n) is 5.68. The Morgan fingerprint density at radius 2 is 2.04 bits per heavy atom. The molecule has 0 bridgehead atoms. The van der Waals surface area contributed by atoms with Crippen LogP contribution in [0.4, 0.5) is 0 Å². The van der Waals surface area contributed by atoms with Crippen LogP contribution in [0.1, 0.15) is 22.5 Å². The maximum absolute atomic E-state index is 13.0. The number of carbonyl (C=O) groups is 1. The van der Waals surface area contributed by atoms with Crippen LogP contribution in [0.3, 0.4) is 0 Å². The molecule has 1 fully saturated rings. The lowest BCUT2D eigenvalue weighted by atomic mass is 10.1. The van der Waals surface area contributed by atoms with E-state index in [-0.39, 0.29) is 30.0 Å². The fourth-order valence-electron chi connectivity index (χ4n) is 2.78. The average molecular weight is 433 g/mol. The van der Waals surface area contributed by atoms with Crippen molar-refractivity contribution in [2.75, 3.05) is 11.5 Å². The summed E-state index contributed by atoms with van der Waals surface area (Å²) in [6, 6.07) is 9.85. The van der Waals surface area contributed by atoms with Gasteiger partial charge in [0.05, 0.1) is 28.6 Å². The number of halogens is 2. The molecule has 0 N–H and O–H groups in total. The van der Waals surface area contributed by atoms with Gasteiger partial charge in [0.2, 0.25) is 0 Å². The summed E-state index contributed by atoms with van der Waals surface area (Å²) in [5, 5.41) is 0.342. The van der Waals surface area contributed by atoms with Gasteiger partial charge in [-0.2, -0.15) is 0 Å². The Bertz CT molecular complexity index is 864. The van der Waals surface area contributed by atoms with Crippen LogP contribution in [-0.4, -0.2) is 36.8 Å². The molecule has 8 heteroatoms. The summed E-state index contributed by atoms with van der Waals surface area (Å²) in [6.45, 7) is 0.190. The number of hydrogen-bond donors (Lipinski definition) is 0. The number of furan rings is 1. The zero-order chi connectivity index (χ0) is 17.3. The molecule has 128 valence electrons. The van der Waals surface area contributed by atoms with Gasteiger partial charge in [-0.05, 0) is 46.6 Å². The number of amides is 1. The normalized spacial score (nSPS) is 19.3. The van der Waals surface area contributed by atoms with Gasteiger partial charge in [-0.25, -0.2) is 8.42 Å². The Morgan fingerprint density at radius 3 is 2.62 bits per heavy atom. The van der Waals surface area contributed by atoms with Crippen LogP contribution in [0.25, 0.3) is 0 Å². The Balaban J connectivity index is 1.92. The molecule has 1 saturated heterocycles. The molecule has 1 atom stereocenters. The standard InChI is InChI=1S/C16H15BrClNO4S/c17-15-6-5-12(23-15)9-19(11-7-8-24(21,22)10-11)16(20)13-3-1-2-4-14(13)18/h1-6,11H,7-10H2. The number of sulfone groups is 1. The quantitative estimate of drug-likeness (QED) is 0.741. The van der Waals surface area contributed by atoms with Crippen molar-refractivity contribution in [3.8, 4) is 0 Å². The van der Waals surface area contributed by atoms with Gasteiger partial charge in [-0.15, -0.1) is 0 Å². The Labute approximate surface area is 153 Å². The Hall–Kier alpha value is -1.31.